The van der Waals surface area contributed by atoms with Crippen molar-refractivity contribution in [3.63, 3.8) is 0 Å². The fourth-order valence-corrected chi connectivity index (χ4v) is 5.24. The zero-order valence-corrected chi connectivity index (χ0v) is 19.5. The van der Waals surface area contributed by atoms with Crippen LogP contribution in [0.1, 0.15) is 48.0 Å². The van der Waals surface area contributed by atoms with Gasteiger partial charge in [-0.2, -0.15) is 0 Å². The van der Waals surface area contributed by atoms with Crippen molar-refractivity contribution in [2.24, 2.45) is 0 Å². The SMILES string of the molecule is COc1ccc(/C=C2\Sc3ccc(C(=O)NC4CCCCC4)cc3N(C)C2=O)cc1OC. The van der Waals surface area contributed by atoms with Gasteiger partial charge in [0.2, 0.25) is 0 Å². The molecule has 2 aromatic carbocycles. The Morgan fingerprint density at radius 3 is 2.53 bits per heavy atom. The van der Waals surface area contributed by atoms with Crippen molar-refractivity contribution in [2.45, 2.75) is 43.0 Å². The minimum Gasteiger partial charge on any atom is -0.493 e. The number of carbonyl (C=O) groups excluding carboxylic acids is 2. The molecule has 0 bridgehead atoms. The molecule has 1 aliphatic carbocycles. The molecule has 1 aliphatic heterocycles. The molecule has 1 fully saturated rings. The number of thioether (sulfide) groups is 1. The molecule has 0 atom stereocenters. The van der Waals surface area contributed by atoms with Crippen molar-refractivity contribution in [3.8, 4) is 11.5 Å². The summed E-state index contributed by atoms with van der Waals surface area (Å²) in [4.78, 5) is 28.9. The monoisotopic (exact) mass is 452 g/mol. The summed E-state index contributed by atoms with van der Waals surface area (Å²) >= 11 is 1.41. The van der Waals surface area contributed by atoms with E-state index in [9.17, 15) is 9.59 Å². The molecular weight excluding hydrogens is 424 g/mol. The van der Waals surface area contributed by atoms with Gasteiger partial charge in [0.25, 0.3) is 11.8 Å². The third kappa shape index (κ3) is 4.63. The molecule has 0 saturated heterocycles. The van der Waals surface area contributed by atoms with Gasteiger partial charge in [-0.05, 0) is 54.8 Å². The molecule has 0 spiro atoms. The number of anilines is 1. The highest BCUT2D eigenvalue weighted by molar-refractivity contribution is 8.04. The van der Waals surface area contributed by atoms with E-state index in [1.54, 1.807) is 26.2 Å². The van der Waals surface area contributed by atoms with E-state index in [2.05, 4.69) is 5.32 Å². The second-order valence-electron chi connectivity index (χ2n) is 8.08. The van der Waals surface area contributed by atoms with E-state index < -0.39 is 0 Å². The molecule has 0 radical (unpaired) electrons. The highest BCUT2D eigenvalue weighted by Crippen LogP contribution is 2.42. The van der Waals surface area contributed by atoms with Crippen LogP contribution in [-0.4, -0.2) is 39.1 Å². The van der Waals surface area contributed by atoms with Crippen molar-refractivity contribution in [1.29, 1.82) is 0 Å². The van der Waals surface area contributed by atoms with Crippen molar-refractivity contribution in [3.05, 3.63) is 52.4 Å². The minimum atomic E-state index is -0.109. The smallest absolute Gasteiger partial charge is 0.264 e. The molecule has 1 N–H and O–H groups in total. The van der Waals surface area contributed by atoms with Crippen LogP contribution >= 0.6 is 11.8 Å². The number of amides is 2. The Hall–Kier alpha value is -2.93. The molecular formula is C25H28N2O4S. The van der Waals surface area contributed by atoms with Gasteiger partial charge >= 0.3 is 0 Å². The summed E-state index contributed by atoms with van der Waals surface area (Å²) in [6, 6.07) is 11.4. The average Bonchev–Trinajstić information content (AvgIpc) is 2.82. The van der Waals surface area contributed by atoms with Gasteiger partial charge in [0.1, 0.15) is 0 Å². The number of benzene rings is 2. The highest BCUT2D eigenvalue weighted by atomic mass is 32.2. The molecule has 32 heavy (non-hydrogen) atoms. The van der Waals surface area contributed by atoms with Crippen LogP contribution in [0.15, 0.2) is 46.2 Å². The Labute approximate surface area is 193 Å². The van der Waals surface area contributed by atoms with Gasteiger partial charge in [-0.1, -0.05) is 37.1 Å². The number of hydrogen-bond acceptors (Lipinski definition) is 5. The van der Waals surface area contributed by atoms with Crippen LogP contribution in [0.25, 0.3) is 6.08 Å². The zero-order chi connectivity index (χ0) is 22.7. The molecule has 4 rings (SSSR count). The normalized spacial score (nSPS) is 17.8. The summed E-state index contributed by atoms with van der Waals surface area (Å²) in [7, 11) is 4.92. The first-order valence-corrected chi connectivity index (χ1v) is 11.7. The lowest BCUT2D eigenvalue weighted by molar-refractivity contribution is -0.114. The van der Waals surface area contributed by atoms with Crippen LogP contribution in [0.4, 0.5) is 5.69 Å². The first-order chi connectivity index (χ1) is 15.5. The van der Waals surface area contributed by atoms with E-state index in [4.69, 9.17) is 9.47 Å². The first kappa shape index (κ1) is 22.3. The minimum absolute atomic E-state index is 0.0720. The van der Waals surface area contributed by atoms with Crippen molar-refractivity contribution in [2.75, 3.05) is 26.2 Å². The lowest BCUT2D eigenvalue weighted by Gasteiger charge is -2.28. The second-order valence-corrected chi connectivity index (χ2v) is 9.16. The maximum Gasteiger partial charge on any atom is 0.264 e. The van der Waals surface area contributed by atoms with Crippen molar-refractivity contribution < 1.29 is 19.1 Å². The van der Waals surface area contributed by atoms with E-state index in [0.717, 1.165) is 41.8 Å². The number of methoxy groups -OCH3 is 2. The van der Waals surface area contributed by atoms with Crippen LogP contribution < -0.4 is 19.7 Å². The Morgan fingerprint density at radius 1 is 1.06 bits per heavy atom. The van der Waals surface area contributed by atoms with Crippen LogP contribution in [0.2, 0.25) is 0 Å². The summed E-state index contributed by atoms with van der Waals surface area (Å²) in [5, 5.41) is 3.15. The quantitative estimate of drug-likeness (QED) is 0.655. The number of rotatable bonds is 5. The number of nitrogens with one attached hydrogen (secondary N) is 1. The summed E-state index contributed by atoms with van der Waals surface area (Å²) in [5.41, 5.74) is 2.18. The number of ether oxygens (including phenoxy) is 2. The molecule has 2 aliphatic rings. The Kier molecular flexibility index (Phi) is 6.74. The van der Waals surface area contributed by atoms with Crippen LogP contribution in [0, 0.1) is 0 Å². The van der Waals surface area contributed by atoms with Gasteiger partial charge in [0, 0.05) is 23.5 Å². The van der Waals surface area contributed by atoms with E-state index in [-0.39, 0.29) is 17.9 Å². The van der Waals surface area contributed by atoms with E-state index >= 15 is 0 Å². The van der Waals surface area contributed by atoms with Crippen molar-refractivity contribution >= 4 is 35.3 Å². The molecule has 2 amide bonds. The highest BCUT2D eigenvalue weighted by Gasteiger charge is 2.28. The Balaban J connectivity index is 1.56. The van der Waals surface area contributed by atoms with Crippen LogP contribution in [0.5, 0.6) is 11.5 Å². The number of hydrogen-bond donors (Lipinski definition) is 1. The molecule has 2 aromatic rings. The van der Waals surface area contributed by atoms with Crippen LogP contribution in [-0.2, 0) is 4.79 Å². The molecule has 0 unspecified atom stereocenters. The zero-order valence-electron chi connectivity index (χ0n) is 18.6. The molecule has 168 valence electrons. The summed E-state index contributed by atoms with van der Waals surface area (Å²) in [6.07, 6.45) is 7.49. The molecule has 1 heterocycles. The number of likely N-dealkylation sites (N-methyl/N-ethyl adjacent to an activating group) is 1. The Morgan fingerprint density at radius 2 is 1.81 bits per heavy atom. The van der Waals surface area contributed by atoms with E-state index in [0.29, 0.717) is 22.0 Å². The second kappa shape index (κ2) is 9.69. The maximum absolute atomic E-state index is 13.0. The predicted octanol–water partition coefficient (Wildman–Crippen LogP) is 4.88. The van der Waals surface area contributed by atoms with Crippen molar-refractivity contribution in [1.82, 2.24) is 5.32 Å². The number of fused-ring (bicyclic) bond motifs is 1. The molecule has 6 nitrogen and oxygen atoms in total. The van der Waals surface area contributed by atoms with E-state index in [1.165, 1.54) is 18.2 Å². The summed E-state index contributed by atoms with van der Waals surface area (Å²) < 4.78 is 10.7. The summed E-state index contributed by atoms with van der Waals surface area (Å²) in [6.45, 7) is 0. The average molecular weight is 453 g/mol. The fourth-order valence-electron chi connectivity index (χ4n) is 4.14. The lowest BCUT2D eigenvalue weighted by atomic mass is 9.95. The third-order valence-corrected chi connectivity index (χ3v) is 7.04. The van der Waals surface area contributed by atoms with Gasteiger partial charge in [-0.25, -0.2) is 0 Å². The number of carbonyl (C=O) groups is 2. The van der Waals surface area contributed by atoms with E-state index in [1.807, 2.05) is 42.5 Å². The van der Waals surface area contributed by atoms with Gasteiger partial charge in [0.15, 0.2) is 11.5 Å². The summed E-state index contributed by atoms with van der Waals surface area (Å²) in [5.74, 6) is 1.07. The van der Waals surface area contributed by atoms with Gasteiger partial charge < -0.3 is 19.7 Å². The standard InChI is InChI=1S/C25H28N2O4S/c1-27-19-15-17(24(28)26-18-7-5-4-6-8-18)10-12-22(19)32-23(25(27)29)14-16-9-11-20(30-2)21(13-16)31-3/h9-15,18H,4-8H2,1-3H3,(H,26,28)/b23-14-. The molecule has 7 heteroatoms. The van der Waals surface area contributed by atoms with Crippen LogP contribution in [0.3, 0.4) is 0 Å². The molecule has 1 saturated carbocycles. The topological polar surface area (TPSA) is 67.9 Å². The number of nitrogens with zero attached hydrogens (tertiary/aromatic N) is 1. The predicted molar refractivity (Wildman–Crippen MR) is 128 cm³/mol. The van der Waals surface area contributed by atoms with Gasteiger partial charge in [-0.3, -0.25) is 9.59 Å². The lowest BCUT2D eigenvalue weighted by Crippen LogP contribution is -2.36. The largest absolute Gasteiger partial charge is 0.493 e. The maximum atomic E-state index is 13.0. The van der Waals surface area contributed by atoms with Gasteiger partial charge in [0.05, 0.1) is 24.8 Å². The fraction of sp³-hybridized carbons (Fsp3) is 0.360. The molecule has 0 aromatic heterocycles. The Bertz CT molecular complexity index is 1060. The first-order valence-electron chi connectivity index (χ1n) is 10.8. The third-order valence-electron chi connectivity index (χ3n) is 5.96. The van der Waals surface area contributed by atoms with Gasteiger partial charge in [-0.15, -0.1) is 0 Å².